The van der Waals surface area contributed by atoms with Crippen LogP contribution in [0.15, 0.2) is 66.9 Å². The van der Waals surface area contributed by atoms with E-state index in [4.69, 9.17) is 14.5 Å². The highest BCUT2D eigenvalue weighted by molar-refractivity contribution is 6.16. The summed E-state index contributed by atoms with van der Waals surface area (Å²) < 4.78 is 12.4. The van der Waals surface area contributed by atoms with E-state index in [0.717, 1.165) is 54.2 Å². The fraction of sp³-hybridized carbons (Fsp3) is 0.281. The largest absolute Gasteiger partial charge is 0.456 e. The van der Waals surface area contributed by atoms with Gasteiger partial charge in [-0.05, 0) is 74.9 Å². The van der Waals surface area contributed by atoms with Crippen molar-refractivity contribution in [2.45, 2.75) is 44.9 Å². The second kappa shape index (κ2) is 7.53. The highest BCUT2D eigenvalue weighted by Crippen LogP contribution is 2.53. The third-order valence-electron chi connectivity index (χ3n) is 7.76. The second-order valence-electron chi connectivity index (χ2n) is 11.0. The molecule has 3 heteroatoms. The lowest BCUT2D eigenvalue weighted by molar-refractivity contribution is 0.0853. The third-order valence-corrected chi connectivity index (χ3v) is 7.76. The monoisotopic (exact) mass is 459 g/mol. The van der Waals surface area contributed by atoms with Crippen molar-refractivity contribution in [3.05, 3.63) is 78.0 Å². The molecule has 2 aliphatic rings. The van der Waals surface area contributed by atoms with E-state index in [-0.39, 0.29) is 5.41 Å². The number of rotatable bonds is 1. The second-order valence-corrected chi connectivity index (χ2v) is 11.0. The number of hydrogen-bond donors (Lipinski definition) is 0. The van der Waals surface area contributed by atoms with Crippen LogP contribution in [0.4, 0.5) is 0 Å². The maximum absolute atomic E-state index is 6.85. The summed E-state index contributed by atoms with van der Waals surface area (Å²) in [7, 11) is 0. The molecule has 0 saturated carbocycles. The molecule has 3 nitrogen and oxygen atoms in total. The first-order valence-electron chi connectivity index (χ1n) is 12.7. The van der Waals surface area contributed by atoms with E-state index in [0.29, 0.717) is 5.92 Å². The Hall–Kier alpha value is -3.43. The molecule has 0 aliphatic carbocycles. The third kappa shape index (κ3) is 3.18. The Labute approximate surface area is 205 Å². The van der Waals surface area contributed by atoms with Crippen molar-refractivity contribution in [3.63, 3.8) is 0 Å². The summed E-state index contributed by atoms with van der Waals surface area (Å²) >= 11 is 0. The van der Waals surface area contributed by atoms with Gasteiger partial charge in [-0.15, -0.1) is 0 Å². The van der Waals surface area contributed by atoms with Crippen molar-refractivity contribution in [2.75, 3.05) is 13.2 Å². The van der Waals surface area contributed by atoms with E-state index in [1.165, 1.54) is 38.1 Å². The molecule has 174 valence electrons. The molecule has 0 N–H and O–H groups in total. The van der Waals surface area contributed by atoms with Crippen molar-refractivity contribution in [1.82, 2.24) is 4.98 Å². The van der Waals surface area contributed by atoms with Crippen LogP contribution >= 0.6 is 0 Å². The number of aromatic nitrogens is 1. The molecule has 7 rings (SSSR count). The predicted octanol–water partition coefficient (Wildman–Crippen LogP) is 8.51. The molecule has 1 aromatic heterocycles. The molecular weight excluding hydrogens is 430 g/mol. The Kier molecular flexibility index (Phi) is 4.50. The molecular formula is C32H29NO2. The molecule has 2 aliphatic heterocycles. The number of benzene rings is 4. The minimum Gasteiger partial charge on any atom is -0.456 e. The maximum atomic E-state index is 6.85. The normalized spacial score (nSPS) is 16.0. The number of ether oxygens (including phenoxy) is 2. The van der Waals surface area contributed by atoms with Crippen molar-refractivity contribution >= 4 is 32.3 Å². The van der Waals surface area contributed by atoms with Gasteiger partial charge in [0.15, 0.2) is 0 Å². The Bertz CT molecular complexity index is 1640. The van der Waals surface area contributed by atoms with Gasteiger partial charge in [0, 0.05) is 30.5 Å². The summed E-state index contributed by atoms with van der Waals surface area (Å²) in [4.78, 5) is 4.91. The minimum absolute atomic E-state index is 0.0799. The Morgan fingerprint density at radius 1 is 0.829 bits per heavy atom. The van der Waals surface area contributed by atoms with Gasteiger partial charge < -0.3 is 9.47 Å². The van der Waals surface area contributed by atoms with E-state index in [9.17, 15) is 0 Å². The van der Waals surface area contributed by atoms with E-state index in [2.05, 4.69) is 81.4 Å². The van der Waals surface area contributed by atoms with Gasteiger partial charge in [-0.2, -0.15) is 0 Å². The van der Waals surface area contributed by atoms with Crippen molar-refractivity contribution in [2.24, 2.45) is 0 Å². The van der Waals surface area contributed by atoms with Crippen LogP contribution in [-0.2, 0) is 10.2 Å². The minimum atomic E-state index is -0.0799. The number of nitrogens with zero attached hydrogens (tertiary/aromatic N) is 1. The first-order chi connectivity index (χ1) is 17.0. The van der Waals surface area contributed by atoms with Gasteiger partial charge in [-0.3, -0.25) is 4.98 Å². The summed E-state index contributed by atoms with van der Waals surface area (Å²) in [5.41, 5.74) is 4.67. The van der Waals surface area contributed by atoms with E-state index < -0.39 is 0 Å². The van der Waals surface area contributed by atoms with Gasteiger partial charge in [0.25, 0.3) is 0 Å². The molecule has 0 amide bonds. The Balaban J connectivity index is 1.52. The van der Waals surface area contributed by atoms with Crippen LogP contribution in [0, 0.1) is 0 Å². The molecule has 1 saturated heterocycles. The molecule has 35 heavy (non-hydrogen) atoms. The lowest BCUT2D eigenvalue weighted by Gasteiger charge is -2.30. The summed E-state index contributed by atoms with van der Waals surface area (Å²) in [5, 5.41) is 7.28. The zero-order chi connectivity index (χ0) is 23.7. The van der Waals surface area contributed by atoms with E-state index in [1.54, 1.807) is 0 Å². The first kappa shape index (κ1) is 20.9. The fourth-order valence-electron chi connectivity index (χ4n) is 6.13. The van der Waals surface area contributed by atoms with Crippen LogP contribution in [0.3, 0.4) is 0 Å². The first-order valence-corrected chi connectivity index (χ1v) is 12.7. The maximum Gasteiger partial charge on any atom is 0.141 e. The summed E-state index contributed by atoms with van der Waals surface area (Å²) in [6.45, 7) is 8.50. The smallest absolute Gasteiger partial charge is 0.141 e. The SMILES string of the molecule is CC(C)(C)c1c2c(cc3ccccc13)-c1nccc3c1c(cc1cc(C4CCOCC4)ccc13)O2. The topological polar surface area (TPSA) is 31.4 Å². The van der Waals surface area contributed by atoms with Crippen molar-refractivity contribution < 1.29 is 9.47 Å². The summed E-state index contributed by atoms with van der Waals surface area (Å²) in [6.07, 6.45) is 4.13. The number of pyridine rings is 1. The quantitative estimate of drug-likeness (QED) is 0.231. The van der Waals surface area contributed by atoms with Gasteiger partial charge in [-0.1, -0.05) is 63.2 Å². The molecule has 1 fully saturated rings. The van der Waals surface area contributed by atoms with Gasteiger partial charge in [0.2, 0.25) is 0 Å². The van der Waals surface area contributed by atoms with E-state index in [1.807, 2.05) is 6.20 Å². The highest BCUT2D eigenvalue weighted by atomic mass is 16.5. The number of hydrogen-bond acceptors (Lipinski definition) is 3. The lowest BCUT2D eigenvalue weighted by Crippen LogP contribution is -2.15. The average Bonchev–Trinajstić information content (AvgIpc) is 2.87. The molecule has 0 atom stereocenters. The Morgan fingerprint density at radius 2 is 1.66 bits per heavy atom. The van der Waals surface area contributed by atoms with Crippen LogP contribution in [-0.4, -0.2) is 18.2 Å². The molecule has 0 bridgehead atoms. The summed E-state index contributed by atoms with van der Waals surface area (Å²) in [5.74, 6) is 2.42. The van der Waals surface area contributed by atoms with Gasteiger partial charge in [-0.25, -0.2) is 0 Å². The predicted molar refractivity (Wildman–Crippen MR) is 144 cm³/mol. The molecule has 4 aromatic carbocycles. The fourth-order valence-corrected chi connectivity index (χ4v) is 6.13. The van der Waals surface area contributed by atoms with Crippen molar-refractivity contribution in [1.29, 1.82) is 0 Å². The zero-order valence-electron chi connectivity index (χ0n) is 20.5. The van der Waals surface area contributed by atoms with E-state index >= 15 is 0 Å². The average molecular weight is 460 g/mol. The summed E-state index contributed by atoms with van der Waals surface area (Å²) in [6, 6.07) is 22.2. The highest BCUT2D eigenvalue weighted by Gasteiger charge is 2.31. The molecule has 0 spiro atoms. The Morgan fingerprint density at radius 3 is 2.49 bits per heavy atom. The van der Waals surface area contributed by atoms with Crippen LogP contribution in [0.1, 0.15) is 50.7 Å². The standard InChI is InChI=1S/C32H29NO2/c1-32(2,3)29-24-7-5-4-6-21(24)17-26-30-28-25(10-13-33-30)23-9-8-20(19-11-14-34-15-12-19)16-22(23)18-27(28)35-31(26)29/h4-10,13,16-19H,11-12,14-15H2,1-3H3. The molecule has 0 unspecified atom stereocenters. The molecule has 5 aromatic rings. The van der Waals surface area contributed by atoms with Crippen LogP contribution in [0.25, 0.3) is 43.6 Å². The zero-order valence-corrected chi connectivity index (χ0v) is 20.5. The molecule has 0 radical (unpaired) electrons. The van der Waals surface area contributed by atoms with Gasteiger partial charge in [0.1, 0.15) is 11.5 Å². The van der Waals surface area contributed by atoms with Crippen LogP contribution in [0.2, 0.25) is 0 Å². The van der Waals surface area contributed by atoms with Gasteiger partial charge in [0.05, 0.1) is 11.1 Å². The molecule has 3 heterocycles. The lowest BCUT2D eigenvalue weighted by atomic mass is 9.80. The van der Waals surface area contributed by atoms with Crippen LogP contribution < -0.4 is 4.74 Å². The van der Waals surface area contributed by atoms with Crippen molar-refractivity contribution in [3.8, 4) is 22.8 Å². The van der Waals surface area contributed by atoms with Crippen LogP contribution in [0.5, 0.6) is 11.5 Å². The van der Waals surface area contributed by atoms with Gasteiger partial charge >= 0.3 is 0 Å². The number of fused-ring (bicyclic) bond motifs is 5.